The Morgan fingerprint density at radius 1 is 1.10 bits per heavy atom. The number of anilines is 1. The van der Waals surface area contributed by atoms with Gasteiger partial charge < -0.3 is 10.1 Å². The van der Waals surface area contributed by atoms with Crippen LogP contribution >= 0.6 is 0 Å². The second-order valence-corrected chi connectivity index (χ2v) is 7.79. The van der Waals surface area contributed by atoms with E-state index in [9.17, 15) is 22.0 Å². The lowest BCUT2D eigenvalue weighted by atomic mass is 10.2. The summed E-state index contributed by atoms with van der Waals surface area (Å²) in [5.74, 6) is -0.547. The van der Waals surface area contributed by atoms with E-state index < -0.39 is 22.5 Å². The highest BCUT2D eigenvalue weighted by molar-refractivity contribution is 7.89. The lowest BCUT2D eigenvalue weighted by molar-refractivity contribution is -0.111. The minimum Gasteiger partial charge on any atom is -0.434 e. The van der Waals surface area contributed by atoms with Crippen LogP contribution in [-0.4, -0.2) is 38.3 Å². The first-order valence-corrected chi connectivity index (χ1v) is 10.3. The zero-order valence-corrected chi connectivity index (χ0v) is 16.8. The van der Waals surface area contributed by atoms with E-state index in [2.05, 4.69) is 10.1 Å². The molecule has 156 valence electrons. The summed E-state index contributed by atoms with van der Waals surface area (Å²) < 4.78 is 55.5. The van der Waals surface area contributed by atoms with Crippen molar-refractivity contribution in [1.29, 1.82) is 0 Å². The zero-order valence-electron chi connectivity index (χ0n) is 16.0. The van der Waals surface area contributed by atoms with Crippen LogP contribution < -0.4 is 10.1 Å². The third-order valence-electron chi connectivity index (χ3n) is 4.01. The molecule has 0 spiro atoms. The average Bonchev–Trinajstić information content (AvgIpc) is 2.68. The molecule has 1 N–H and O–H groups in total. The molecule has 0 bridgehead atoms. The van der Waals surface area contributed by atoms with Crippen LogP contribution in [0.1, 0.15) is 19.4 Å². The topological polar surface area (TPSA) is 75.7 Å². The van der Waals surface area contributed by atoms with E-state index in [4.69, 9.17) is 0 Å². The molecule has 0 heterocycles. The lowest BCUT2D eigenvalue weighted by Crippen LogP contribution is -2.30. The molecule has 0 saturated heterocycles. The number of rotatable bonds is 9. The number of sulfonamides is 1. The summed E-state index contributed by atoms with van der Waals surface area (Å²) in [5, 5.41) is 2.59. The normalized spacial score (nSPS) is 11.9. The number of nitrogens with zero attached hydrogens (tertiary/aromatic N) is 1. The fraction of sp³-hybridized carbons (Fsp3) is 0.250. The van der Waals surface area contributed by atoms with Crippen LogP contribution in [0.15, 0.2) is 59.5 Å². The predicted octanol–water partition coefficient (Wildman–Crippen LogP) is 3.97. The second-order valence-electron chi connectivity index (χ2n) is 5.85. The minimum absolute atomic E-state index is 0.0440. The van der Waals surface area contributed by atoms with Crippen LogP contribution in [0.2, 0.25) is 0 Å². The molecule has 2 aromatic rings. The third-order valence-corrected chi connectivity index (χ3v) is 6.08. The highest BCUT2D eigenvalue weighted by atomic mass is 32.2. The van der Waals surface area contributed by atoms with Crippen molar-refractivity contribution in [1.82, 2.24) is 4.31 Å². The van der Waals surface area contributed by atoms with E-state index in [0.29, 0.717) is 24.3 Å². The van der Waals surface area contributed by atoms with Gasteiger partial charge >= 0.3 is 6.61 Å². The summed E-state index contributed by atoms with van der Waals surface area (Å²) in [6.45, 7) is 1.26. The minimum atomic E-state index is -3.58. The number of halogens is 2. The summed E-state index contributed by atoms with van der Waals surface area (Å²) in [7, 11) is -3.58. The third kappa shape index (κ3) is 6.10. The summed E-state index contributed by atoms with van der Waals surface area (Å²) >= 11 is 0. The smallest absolute Gasteiger partial charge is 0.387 e. The van der Waals surface area contributed by atoms with Gasteiger partial charge in [-0.1, -0.05) is 32.0 Å². The van der Waals surface area contributed by atoms with Gasteiger partial charge in [0.05, 0.1) is 4.90 Å². The van der Waals surface area contributed by atoms with Crippen molar-refractivity contribution in [3.05, 3.63) is 60.2 Å². The van der Waals surface area contributed by atoms with Crippen molar-refractivity contribution in [2.24, 2.45) is 0 Å². The van der Waals surface area contributed by atoms with Crippen LogP contribution in [0.25, 0.3) is 6.08 Å². The Hall–Kier alpha value is -2.78. The molecule has 0 aromatic heterocycles. The van der Waals surface area contributed by atoms with Crippen molar-refractivity contribution in [2.45, 2.75) is 25.4 Å². The van der Waals surface area contributed by atoms with E-state index in [1.54, 1.807) is 26.0 Å². The maximum absolute atomic E-state index is 12.5. The first kappa shape index (κ1) is 22.5. The molecule has 0 aliphatic carbocycles. The number of carbonyl (C=O) groups is 1. The first-order valence-electron chi connectivity index (χ1n) is 8.91. The summed E-state index contributed by atoms with van der Waals surface area (Å²) in [5.41, 5.74) is 0.721. The Morgan fingerprint density at radius 3 is 2.31 bits per heavy atom. The number of para-hydroxylation sites is 1. The average molecular weight is 424 g/mol. The molecular weight excluding hydrogens is 402 g/mol. The summed E-state index contributed by atoms with van der Waals surface area (Å²) in [6, 6.07) is 11.9. The highest BCUT2D eigenvalue weighted by Gasteiger charge is 2.21. The van der Waals surface area contributed by atoms with Gasteiger partial charge in [-0.25, -0.2) is 8.42 Å². The van der Waals surface area contributed by atoms with Gasteiger partial charge in [0.25, 0.3) is 0 Å². The van der Waals surface area contributed by atoms with Crippen molar-refractivity contribution >= 4 is 27.7 Å². The Kier molecular flexibility index (Phi) is 7.86. The molecule has 0 aliphatic heterocycles. The lowest BCUT2D eigenvalue weighted by Gasteiger charge is -2.18. The Bertz CT molecular complexity index is 957. The largest absolute Gasteiger partial charge is 0.434 e. The molecule has 9 heteroatoms. The SMILES string of the molecule is CCN(CC)S(=O)(=O)c1ccc(NC(=O)/C=C/c2ccccc2OC(F)F)cc1. The van der Waals surface area contributed by atoms with Gasteiger partial charge in [-0.05, 0) is 36.4 Å². The molecule has 0 fully saturated rings. The molecule has 0 atom stereocenters. The fourth-order valence-corrected chi connectivity index (χ4v) is 4.05. The molecule has 2 rings (SSSR count). The summed E-state index contributed by atoms with van der Waals surface area (Å²) in [6.07, 6.45) is 2.53. The monoisotopic (exact) mass is 424 g/mol. The molecule has 0 aliphatic rings. The molecule has 0 saturated carbocycles. The van der Waals surface area contributed by atoms with Crippen molar-refractivity contribution < 1.29 is 26.7 Å². The molecule has 6 nitrogen and oxygen atoms in total. The van der Waals surface area contributed by atoms with Gasteiger partial charge in [0.1, 0.15) is 5.75 Å². The van der Waals surface area contributed by atoms with Crippen LogP contribution in [0.5, 0.6) is 5.75 Å². The van der Waals surface area contributed by atoms with Crippen LogP contribution in [0.4, 0.5) is 14.5 Å². The molecule has 2 aromatic carbocycles. The quantitative estimate of drug-likeness (QED) is 0.618. The molecule has 1 amide bonds. The van der Waals surface area contributed by atoms with Gasteiger partial charge in [0.15, 0.2) is 0 Å². The Morgan fingerprint density at radius 2 is 1.72 bits per heavy atom. The second kappa shape index (κ2) is 10.1. The van der Waals surface area contributed by atoms with Gasteiger partial charge in [0.2, 0.25) is 15.9 Å². The first-order chi connectivity index (χ1) is 13.8. The molecular formula is C20H22F2N2O4S. The van der Waals surface area contributed by atoms with Gasteiger partial charge in [-0.2, -0.15) is 13.1 Å². The summed E-state index contributed by atoms with van der Waals surface area (Å²) in [4.78, 5) is 12.2. The Labute approximate surface area is 168 Å². The fourth-order valence-electron chi connectivity index (χ4n) is 2.59. The van der Waals surface area contributed by atoms with E-state index in [1.165, 1.54) is 52.9 Å². The van der Waals surface area contributed by atoms with Crippen LogP contribution in [0, 0.1) is 0 Å². The van der Waals surface area contributed by atoms with Crippen LogP contribution in [0.3, 0.4) is 0 Å². The van der Waals surface area contributed by atoms with Gasteiger partial charge in [-0.3, -0.25) is 4.79 Å². The maximum atomic E-state index is 12.5. The number of nitrogens with one attached hydrogen (secondary N) is 1. The van der Waals surface area contributed by atoms with Crippen molar-refractivity contribution in [3.63, 3.8) is 0 Å². The number of ether oxygens (including phenoxy) is 1. The predicted molar refractivity (Wildman–Crippen MR) is 107 cm³/mol. The number of carbonyl (C=O) groups excluding carboxylic acids is 1. The number of alkyl halides is 2. The molecule has 0 radical (unpaired) electrons. The van der Waals surface area contributed by atoms with E-state index in [-0.39, 0.29) is 10.6 Å². The standard InChI is InChI=1S/C20H22F2N2O4S/c1-3-24(4-2)29(26,27)17-12-10-16(11-13-17)23-19(25)14-9-15-7-5-6-8-18(15)28-20(21)22/h5-14,20H,3-4H2,1-2H3,(H,23,25)/b14-9+. The van der Waals surface area contributed by atoms with Crippen LogP contribution in [-0.2, 0) is 14.8 Å². The van der Waals surface area contributed by atoms with E-state index in [0.717, 1.165) is 0 Å². The highest BCUT2D eigenvalue weighted by Crippen LogP contribution is 2.22. The van der Waals surface area contributed by atoms with Crippen molar-refractivity contribution in [3.8, 4) is 5.75 Å². The number of amides is 1. The molecule has 0 unspecified atom stereocenters. The maximum Gasteiger partial charge on any atom is 0.387 e. The number of hydrogen-bond acceptors (Lipinski definition) is 4. The number of hydrogen-bond donors (Lipinski definition) is 1. The molecule has 29 heavy (non-hydrogen) atoms. The number of benzene rings is 2. The van der Waals surface area contributed by atoms with Gasteiger partial charge in [0, 0.05) is 30.4 Å². The Balaban J connectivity index is 2.08. The van der Waals surface area contributed by atoms with E-state index in [1.807, 2.05) is 0 Å². The zero-order chi connectivity index (χ0) is 21.4. The van der Waals surface area contributed by atoms with Crippen molar-refractivity contribution in [2.75, 3.05) is 18.4 Å². The van der Waals surface area contributed by atoms with E-state index >= 15 is 0 Å². The van der Waals surface area contributed by atoms with Gasteiger partial charge in [-0.15, -0.1) is 0 Å².